The van der Waals surface area contributed by atoms with Crippen LogP contribution in [0.25, 0.3) is 0 Å². The van der Waals surface area contributed by atoms with Crippen molar-refractivity contribution < 1.29 is 15.0 Å². The Balaban J connectivity index is 3.15. The molecule has 0 aliphatic rings. The summed E-state index contributed by atoms with van der Waals surface area (Å²) >= 11 is 0. The molecule has 0 aromatic rings. The van der Waals surface area contributed by atoms with Crippen LogP contribution in [0.2, 0.25) is 0 Å². The molecule has 3 heteroatoms. The molecule has 144 valence electrons. The molecule has 0 bridgehead atoms. The molecule has 24 heavy (non-hydrogen) atoms. The second-order valence-corrected chi connectivity index (χ2v) is 7.32. The second-order valence-electron chi connectivity index (χ2n) is 7.32. The normalized spacial score (nSPS) is 12.4. The topological polar surface area (TPSA) is 57.5 Å². The lowest BCUT2D eigenvalue weighted by atomic mass is 10.0. The molecule has 3 nitrogen and oxygen atoms in total. The third-order valence-corrected chi connectivity index (χ3v) is 4.82. The van der Waals surface area contributed by atoms with Crippen LogP contribution in [0.5, 0.6) is 0 Å². The number of aliphatic hydroxyl groups is 1. The van der Waals surface area contributed by atoms with Crippen molar-refractivity contribution in [2.24, 2.45) is 0 Å². The third kappa shape index (κ3) is 19.5. The van der Waals surface area contributed by atoms with Gasteiger partial charge in [0, 0.05) is 6.42 Å². The molecule has 0 saturated heterocycles. The minimum absolute atomic E-state index is 0.0966. The Morgan fingerprint density at radius 2 is 1.04 bits per heavy atom. The molecular weight excluding hydrogens is 300 g/mol. The summed E-state index contributed by atoms with van der Waals surface area (Å²) in [6, 6.07) is 0. The van der Waals surface area contributed by atoms with Crippen LogP contribution in [0.3, 0.4) is 0 Å². The van der Waals surface area contributed by atoms with E-state index in [1.54, 1.807) is 0 Å². The van der Waals surface area contributed by atoms with Gasteiger partial charge in [0.2, 0.25) is 0 Å². The number of unbranched alkanes of at least 4 members (excludes halogenated alkanes) is 13. The quantitative estimate of drug-likeness (QED) is 0.264. The van der Waals surface area contributed by atoms with Crippen LogP contribution < -0.4 is 0 Å². The van der Waals surface area contributed by atoms with Crippen molar-refractivity contribution in [2.45, 2.75) is 129 Å². The van der Waals surface area contributed by atoms with Crippen LogP contribution in [-0.2, 0) is 4.79 Å². The number of hydrogen-bond acceptors (Lipinski definition) is 2. The van der Waals surface area contributed by atoms with Crippen LogP contribution in [-0.4, -0.2) is 22.3 Å². The summed E-state index contributed by atoms with van der Waals surface area (Å²) in [5.74, 6) is -0.680. The van der Waals surface area contributed by atoms with Crippen LogP contribution in [0.4, 0.5) is 0 Å². The van der Waals surface area contributed by atoms with Crippen LogP contribution in [0.15, 0.2) is 0 Å². The van der Waals surface area contributed by atoms with Gasteiger partial charge in [-0.05, 0) is 19.3 Å². The highest BCUT2D eigenvalue weighted by atomic mass is 16.4. The Hall–Kier alpha value is -0.570. The fourth-order valence-electron chi connectivity index (χ4n) is 3.20. The summed E-state index contributed by atoms with van der Waals surface area (Å²) < 4.78 is 0. The van der Waals surface area contributed by atoms with Crippen molar-refractivity contribution in [3.8, 4) is 0 Å². The average molecular weight is 343 g/mol. The highest BCUT2D eigenvalue weighted by molar-refractivity contribution is 5.66. The number of hydrogen-bond donors (Lipinski definition) is 2. The fraction of sp³-hybridized carbons (Fsp3) is 0.952. The van der Waals surface area contributed by atoms with E-state index in [0.717, 1.165) is 38.5 Å². The molecule has 0 saturated carbocycles. The summed E-state index contributed by atoms with van der Waals surface area (Å²) in [4.78, 5) is 10.4. The Bertz CT molecular complexity index is 266. The molecule has 0 aliphatic heterocycles. The Morgan fingerprint density at radius 3 is 1.46 bits per heavy atom. The van der Waals surface area contributed by atoms with Gasteiger partial charge >= 0.3 is 5.97 Å². The molecule has 1 atom stereocenters. The van der Waals surface area contributed by atoms with Crippen LogP contribution in [0.1, 0.15) is 122 Å². The van der Waals surface area contributed by atoms with Gasteiger partial charge in [-0.1, -0.05) is 96.8 Å². The highest BCUT2D eigenvalue weighted by Gasteiger charge is 2.04. The molecule has 0 rings (SSSR count). The maximum absolute atomic E-state index is 10.4. The zero-order valence-corrected chi connectivity index (χ0v) is 16.1. The van der Waals surface area contributed by atoms with E-state index in [0.29, 0.717) is 6.42 Å². The number of carboxylic acid groups (broad SMARTS) is 1. The van der Waals surface area contributed by atoms with E-state index in [1.807, 2.05) is 0 Å². The molecule has 0 radical (unpaired) electrons. The van der Waals surface area contributed by atoms with Gasteiger partial charge in [-0.15, -0.1) is 0 Å². The lowest BCUT2D eigenvalue weighted by molar-refractivity contribution is -0.137. The molecule has 0 aromatic carbocycles. The SMILES string of the molecule is CCCCCCCCCCC(O)CCCCCCCCCC(=O)O. The van der Waals surface area contributed by atoms with Gasteiger partial charge in [-0.3, -0.25) is 4.79 Å². The molecule has 0 amide bonds. The Labute approximate surface area is 150 Å². The van der Waals surface area contributed by atoms with Gasteiger partial charge in [-0.25, -0.2) is 0 Å². The monoisotopic (exact) mass is 342 g/mol. The van der Waals surface area contributed by atoms with E-state index in [9.17, 15) is 9.90 Å². The van der Waals surface area contributed by atoms with E-state index < -0.39 is 5.97 Å². The molecule has 1 unspecified atom stereocenters. The summed E-state index contributed by atoms with van der Waals surface area (Å²) in [6.07, 6.45) is 20.5. The minimum atomic E-state index is -0.680. The summed E-state index contributed by atoms with van der Waals surface area (Å²) in [5, 5.41) is 18.5. The molecule has 0 spiro atoms. The van der Waals surface area contributed by atoms with Crippen molar-refractivity contribution in [2.75, 3.05) is 0 Å². The van der Waals surface area contributed by atoms with Gasteiger partial charge in [0.15, 0.2) is 0 Å². The fourth-order valence-corrected chi connectivity index (χ4v) is 3.20. The number of aliphatic carboxylic acids is 1. The smallest absolute Gasteiger partial charge is 0.303 e. The van der Waals surface area contributed by atoms with E-state index in [2.05, 4.69) is 6.92 Å². The number of carboxylic acids is 1. The molecular formula is C21H42O3. The molecule has 2 N–H and O–H groups in total. The predicted molar refractivity (Wildman–Crippen MR) is 102 cm³/mol. The summed E-state index contributed by atoms with van der Waals surface area (Å²) in [6.45, 7) is 2.25. The van der Waals surface area contributed by atoms with Crippen molar-refractivity contribution in [1.29, 1.82) is 0 Å². The number of rotatable bonds is 19. The van der Waals surface area contributed by atoms with Crippen molar-refractivity contribution in [3.05, 3.63) is 0 Å². The molecule has 0 aliphatic carbocycles. The first-order chi connectivity index (χ1) is 11.7. The first-order valence-corrected chi connectivity index (χ1v) is 10.6. The summed E-state index contributed by atoms with van der Waals surface area (Å²) in [7, 11) is 0. The molecule has 0 aromatic heterocycles. The summed E-state index contributed by atoms with van der Waals surface area (Å²) in [5.41, 5.74) is 0. The lowest BCUT2D eigenvalue weighted by Gasteiger charge is -2.10. The Kier molecular flexibility index (Phi) is 18.3. The number of aliphatic hydroxyl groups excluding tert-OH is 1. The third-order valence-electron chi connectivity index (χ3n) is 4.82. The van der Waals surface area contributed by atoms with Crippen molar-refractivity contribution in [1.82, 2.24) is 0 Å². The van der Waals surface area contributed by atoms with Gasteiger partial charge in [0.1, 0.15) is 0 Å². The first-order valence-electron chi connectivity index (χ1n) is 10.6. The standard InChI is InChI=1S/C21H42O3/c1-2-3-4-5-6-8-11-14-17-20(22)18-15-12-9-7-10-13-16-19-21(23)24/h20,22H,2-19H2,1H3,(H,23,24). The number of carbonyl (C=O) groups is 1. The Morgan fingerprint density at radius 1 is 0.667 bits per heavy atom. The van der Waals surface area contributed by atoms with E-state index in [4.69, 9.17) is 5.11 Å². The van der Waals surface area contributed by atoms with E-state index >= 15 is 0 Å². The average Bonchev–Trinajstić information content (AvgIpc) is 2.55. The zero-order valence-electron chi connectivity index (χ0n) is 16.1. The van der Waals surface area contributed by atoms with Crippen molar-refractivity contribution >= 4 is 5.97 Å². The molecule has 0 fully saturated rings. The maximum atomic E-state index is 10.4. The highest BCUT2D eigenvalue weighted by Crippen LogP contribution is 2.15. The molecule has 0 heterocycles. The lowest BCUT2D eigenvalue weighted by Crippen LogP contribution is -2.05. The maximum Gasteiger partial charge on any atom is 0.303 e. The van der Waals surface area contributed by atoms with Gasteiger partial charge in [-0.2, -0.15) is 0 Å². The van der Waals surface area contributed by atoms with Gasteiger partial charge < -0.3 is 10.2 Å². The van der Waals surface area contributed by atoms with Gasteiger partial charge in [0.05, 0.1) is 6.10 Å². The van der Waals surface area contributed by atoms with Crippen LogP contribution in [0, 0.1) is 0 Å². The zero-order chi connectivity index (χ0) is 17.9. The first kappa shape index (κ1) is 23.4. The van der Waals surface area contributed by atoms with Crippen molar-refractivity contribution in [3.63, 3.8) is 0 Å². The minimum Gasteiger partial charge on any atom is -0.481 e. The second kappa shape index (κ2) is 18.8. The van der Waals surface area contributed by atoms with Crippen LogP contribution >= 0.6 is 0 Å². The van der Waals surface area contributed by atoms with E-state index in [1.165, 1.54) is 70.6 Å². The van der Waals surface area contributed by atoms with E-state index in [-0.39, 0.29) is 6.10 Å². The van der Waals surface area contributed by atoms with Gasteiger partial charge in [0.25, 0.3) is 0 Å². The predicted octanol–water partition coefficient (Wildman–Crippen LogP) is 6.47. The largest absolute Gasteiger partial charge is 0.481 e.